The first kappa shape index (κ1) is 7.52. The molecule has 1 saturated carbocycles. The predicted molar refractivity (Wildman–Crippen MR) is 41.7 cm³/mol. The van der Waals surface area contributed by atoms with Crippen LogP contribution in [-0.2, 0) is 4.79 Å². The maximum absolute atomic E-state index is 10.9. The standard InChI is InChI=1S/C9H14O/c1-6-5-8(7(2)10)9(6,3)4/h8H,1,5H2,2-4H3. The van der Waals surface area contributed by atoms with Gasteiger partial charge in [-0.2, -0.15) is 0 Å². The Balaban J connectivity index is 2.72. The van der Waals surface area contributed by atoms with Gasteiger partial charge in [-0.25, -0.2) is 0 Å². The third kappa shape index (κ3) is 0.808. The third-order valence-corrected chi connectivity index (χ3v) is 2.72. The average molecular weight is 138 g/mol. The van der Waals surface area contributed by atoms with Crippen LogP contribution in [0.2, 0.25) is 0 Å². The Morgan fingerprint density at radius 2 is 2.20 bits per heavy atom. The van der Waals surface area contributed by atoms with E-state index in [1.165, 1.54) is 5.57 Å². The first-order valence-corrected chi connectivity index (χ1v) is 3.65. The van der Waals surface area contributed by atoms with Crippen LogP contribution in [0.15, 0.2) is 12.2 Å². The summed E-state index contributed by atoms with van der Waals surface area (Å²) in [5.74, 6) is 0.539. The van der Waals surface area contributed by atoms with Crippen LogP contribution in [0.4, 0.5) is 0 Å². The van der Waals surface area contributed by atoms with E-state index in [2.05, 4.69) is 20.4 Å². The van der Waals surface area contributed by atoms with Gasteiger partial charge < -0.3 is 0 Å². The van der Waals surface area contributed by atoms with Gasteiger partial charge in [0.05, 0.1) is 0 Å². The van der Waals surface area contributed by atoms with Crippen molar-refractivity contribution in [2.24, 2.45) is 11.3 Å². The van der Waals surface area contributed by atoms with E-state index in [-0.39, 0.29) is 11.3 Å². The number of hydrogen-bond acceptors (Lipinski definition) is 1. The lowest BCUT2D eigenvalue weighted by atomic mass is 9.58. The lowest BCUT2D eigenvalue weighted by Crippen LogP contribution is -2.41. The number of Topliss-reactive ketones (excluding diaryl/α,β-unsaturated/α-hetero) is 1. The molecule has 0 bridgehead atoms. The molecule has 1 nitrogen and oxygen atoms in total. The molecule has 0 aromatic rings. The molecule has 0 saturated heterocycles. The number of allylic oxidation sites excluding steroid dienone is 1. The van der Waals surface area contributed by atoms with Crippen LogP contribution in [-0.4, -0.2) is 5.78 Å². The number of hydrogen-bond donors (Lipinski definition) is 0. The van der Waals surface area contributed by atoms with E-state index in [1.807, 2.05) is 0 Å². The fourth-order valence-corrected chi connectivity index (χ4v) is 1.53. The van der Waals surface area contributed by atoms with Crippen molar-refractivity contribution in [1.29, 1.82) is 0 Å². The molecule has 0 aliphatic heterocycles. The van der Waals surface area contributed by atoms with E-state index in [9.17, 15) is 4.79 Å². The molecule has 0 aromatic carbocycles. The van der Waals surface area contributed by atoms with Crippen LogP contribution in [0.1, 0.15) is 27.2 Å². The summed E-state index contributed by atoms with van der Waals surface area (Å²) in [7, 11) is 0. The third-order valence-electron chi connectivity index (χ3n) is 2.72. The van der Waals surface area contributed by atoms with E-state index >= 15 is 0 Å². The molecule has 1 atom stereocenters. The molecule has 0 spiro atoms. The van der Waals surface area contributed by atoms with Crippen LogP contribution in [0.3, 0.4) is 0 Å². The number of ketones is 1. The maximum atomic E-state index is 10.9. The van der Waals surface area contributed by atoms with Crippen LogP contribution < -0.4 is 0 Å². The molecule has 0 heterocycles. The molecule has 1 heteroatoms. The Hall–Kier alpha value is -0.590. The quantitative estimate of drug-likeness (QED) is 0.507. The highest BCUT2D eigenvalue weighted by atomic mass is 16.1. The van der Waals surface area contributed by atoms with Crippen LogP contribution in [0, 0.1) is 11.3 Å². The smallest absolute Gasteiger partial charge is 0.134 e. The van der Waals surface area contributed by atoms with E-state index in [4.69, 9.17) is 0 Å². The average Bonchev–Trinajstić information content (AvgIpc) is 1.82. The van der Waals surface area contributed by atoms with Gasteiger partial charge in [0.25, 0.3) is 0 Å². The molecule has 0 amide bonds. The lowest BCUT2D eigenvalue weighted by molar-refractivity contribution is -0.126. The SMILES string of the molecule is C=C1CC(C(C)=O)C1(C)C. The second kappa shape index (κ2) is 1.94. The largest absolute Gasteiger partial charge is 0.300 e. The predicted octanol–water partition coefficient (Wildman–Crippen LogP) is 2.18. The highest BCUT2D eigenvalue weighted by molar-refractivity contribution is 5.81. The second-order valence-electron chi connectivity index (χ2n) is 3.69. The molecule has 56 valence electrons. The van der Waals surface area contributed by atoms with Gasteiger partial charge in [0.2, 0.25) is 0 Å². The van der Waals surface area contributed by atoms with E-state index < -0.39 is 0 Å². The van der Waals surface area contributed by atoms with Crippen molar-refractivity contribution < 1.29 is 4.79 Å². The van der Waals surface area contributed by atoms with Gasteiger partial charge in [0.1, 0.15) is 5.78 Å². The fraction of sp³-hybridized carbons (Fsp3) is 0.667. The van der Waals surface area contributed by atoms with Crippen LogP contribution in [0.25, 0.3) is 0 Å². The van der Waals surface area contributed by atoms with Crippen molar-refractivity contribution in [3.8, 4) is 0 Å². The highest BCUT2D eigenvalue weighted by Crippen LogP contribution is 2.49. The fourth-order valence-electron chi connectivity index (χ4n) is 1.53. The molecule has 1 aliphatic carbocycles. The summed E-state index contributed by atoms with van der Waals surface area (Å²) in [5, 5.41) is 0. The van der Waals surface area contributed by atoms with Crippen molar-refractivity contribution in [1.82, 2.24) is 0 Å². The monoisotopic (exact) mass is 138 g/mol. The van der Waals surface area contributed by atoms with E-state index in [0.717, 1.165) is 6.42 Å². The molecule has 10 heavy (non-hydrogen) atoms. The van der Waals surface area contributed by atoms with Gasteiger partial charge in [-0.3, -0.25) is 4.79 Å². The van der Waals surface area contributed by atoms with Crippen molar-refractivity contribution in [2.45, 2.75) is 27.2 Å². The Morgan fingerprint density at radius 3 is 2.30 bits per heavy atom. The minimum atomic E-state index is 0.0752. The van der Waals surface area contributed by atoms with Crippen LogP contribution >= 0.6 is 0 Å². The molecular weight excluding hydrogens is 124 g/mol. The van der Waals surface area contributed by atoms with E-state index in [1.54, 1.807) is 6.92 Å². The van der Waals surface area contributed by atoms with Crippen molar-refractivity contribution >= 4 is 5.78 Å². The zero-order chi connectivity index (χ0) is 7.94. The summed E-state index contributed by atoms with van der Waals surface area (Å²) >= 11 is 0. The Bertz CT molecular complexity index is 189. The molecule has 1 aliphatic rings. The molecule has 1 unspecified atom stereocenters. The normalized spacial score (nSPS) is 29.5. The highest BCUT2D eigenvalue weighted by Gasteiger charge is 2.44. The van der Waals surface area contributed by atoms with Gasteiger partial charge in [0.15, 0.2) is 0 Å². The second-order valence-corrected chi connectivity index (χ2v) is 3.69. The first-order chi connectivity index (χ1) is 4.46. The molecular formula is C9H14O. The van der Waals surface area contributed by atoms with Gasteiger partial charge >= 0.3 is 0 Å². The minimum Gasteiger partial charge on any atom is -0.300 e. The summed E-state index contributed by atoms with van der Waals surface area (Å²) in [6.45, 7) is 9.74. The zero-order valence-electron chi connectivity index (χ0n) is 6.90. The van der Waals surface area contributed by atoms with Crippen LogP contribution in [0.5, 0.6) is 0 Å². The Morgan fingerprint density at radius 1 is 1.70 bits per heavy atom. The first-order valence-electron chi connectivity index (χ1n) is 3.65. The van der Waals surface area contributed by atoms with Gasteiger partial charge in [0, 0.05) is 5.92 Å². The topological polar surface area (TPSA) is 17.1 Å². The molecule has 1 rings (SSSR count). The van der Waals surface area contributed by atoms with Gasteiger partial charge in [-0.15, -0.1) is 0 Å². The molecule has 0 N–H and O–H groups in total. The number of carbonyl (C=O) groups excluding carboxylic acids is 1. The van der Waals surface area contributed by atoms with Gasteiger partial charge in [-0.1, -0.05) is 26.0 Å². The molecule has 0 radical (unpaired) electrons. The zero-order valence-corrected chi connectivity index (χ0v) is 6.90. The van der Waals surface area contributed by atoms with E-state index in [0.29, 0.717) is 5.78 Å². The molecule has 0 aromatic heterocycles. The molecule has 1 fully saturated rings. The summed E-state index contributed by atoms with van der Waals surface area (Å²) in [4.78, 5) is 10.9. The van der Waals surface area contributed by atoms with Crippen molar-refractivity contribution in [3.05, 3.63) is 12.2 Å². The van der Waals surface area contributed by atoms with Crippen molar-refractivity contribution in [3.63, 3.8) is 0 Å². The number of rotatable bonds is 1. The minimum absolute atomic E-state index is 0.0752. The lowest BCUT2D eigenvalue weighted by Gasteiger charge is -2.45. The number of carbonyl (C=O) groups is 1. The van der Waals surface area contributed by atoms with Gasteiger partial charge in [-0.05, 0) is 18.8 Å². The Labute approximate surface area is 62.1 Å². The summed E-state index contributed by atoms with van der Waals surface area (Å²) in [5.41, 5.74) is 1.29. The van der Waals surface area contributed by atoms with Crippen molar-refractivity contribution in [2.75, 3.05) is 0 Å². The summed E-state index contributed by atoms with van der Waals surface area (Å²) < 4.78 is 0. The summed E-state index contributed by atoms with van der Waals surface area (Å²) in [6.07, 6.45) is 0.905. The Kier molecular flexibility index (Phi) is 1.46. The maximum Gasteiger partial charge on any atom is 0.134 e. The summed E-state index contributed by atoms with van der Waals surface area (Å²) in [6, 6.07) is 0.